The fraction of sp³-hybridized carbons (Fsp3) is 0.300. The van der Waals surface area contributed by atoms with Gasteiger partial charge in [0.1, 0.15) is 0 Å². The Hall–Kier alpha value is -0.810. The average Bonchev–Trinajstić information content (AvgIpc) is 2.13. The van der Waals surface area contributed by atoms with Gasteiger partial charge in [-0.3, -0.25) is 0 Å². The molecule has 0 bridgehead atoms. The van der Waals surface area contributed by atoms with Gasteiger partial charge in [-0.1, -0.05) is 29.8 Å². The highest BCUT2D eigenvalue weighted by Crippen LogP contribution is 2.16. The quantitative estimate of drug-likeness (QED) is 0.662. The van der Waals surface area contributed by atoms with Gasteiger partial charge in [-0.2, -0.15) is 5.26 Å². The van der Waals surface area contributed by atoms with Gasteiger partial charge in [-0.25, -0.2) is 0 Å². The summed E-state index contributed by atoms with van der Waals surface area (Å²) in [5.74, 6) is 0. The molecule has 0 amide bonds. The SMILES string of the molecule is CC.Cc1cc(C#N)ccc1Br. The second-order valence-corrected chi connectivity index (χ2v) is 2.93. The van der Waals surface area contributed by atoms with E-state index in [4.69, 9.17) is 5.26 Å². The van der Waals surface area contributed by atoms with Crippen molar-refractivity contribution in [3.05, 3.63) is 33.8 Å². The van der Waals surface area contributed by atoms with Gasteiger partial charge in [-0.15, -0.1) is 0 Å². The molecule has 0 aliphatic heterocycles. The van der Waals surface area contributed by atoms with Crippen LogP contribution in [0.25, 0.3) is 0 Å². The molecule has 64 valence electrons. The van der Waals surface area contributed by atoms with Gasteiger partial charge in [0, 0.05) is 4.47 Å². The number of hydrogen-bond donors (Lipinski definition) is 0. The van der Waals surface area contributed by atoms with Crippen LogP contribution in [0.5, 0.6) is 0 Å². The number of hydrogen-bond acceptors (Lipinski definition) is 1. The molecule has 1 aromatic carbocycles. The van der Waals surface area contributed by atoms with E-state index in [1.807, 2.05) is 32.9 Å². The van der Waals surface area contributed by atoms with Crippen LogP contribution < -0.4 is 0 Å². The van der Waals surface area contributed by atoms with E-state index in [0.29, 0.717) is 5.56 Å². The molecule has 0 aliphatic carbocycles. The molecule has 0 saturated heterocycles. The van der Waals surface area contributed by atoms with Gasteiger partial charge in [0.25, 0.3) is 0 Å². The Labute approximate surface area is 82.2 Å². The first-order valence-electron chi connectivity index (χ1n) is 3.90. The highest BCUT2D eigenvalue weighted by atomic mass is 79.9. The molecule has 0 saturated carbocycles. The second-order valence-electron chi connectivity index (χ2n) is 2.08. The van der Waals surface area contributed by atoms with Crippen LogP contribution in [0.2, 0.25) is 0 Å². The summed E-state index contributed by atoms with van der Waals surface area (Å²) in [4.78, 5) is 0. The van der Waals surface area contributed by atoms with Gasteiger partial charge >= 0.3 is 0 Å². The molecule has 2 heteroatoms. The third-order valence-corrected chi connectivity index (χ3v) is 2.18. The van der Waals surface area contributed by atoms with E-state index in [2.05, 4.69) is 22.0 Å². The molecule has 0 heterocycles. The van der Waals surface area contributed by atoms with E-state index >= 15 is 0 Å². The molecule has 0 spiro atoms. The molecule has 0 N–H and O–H groups in total. The maximum atomic E-state index is 8.49. The summed E-state index contributed by atoms with van der Waals surface area (Å²) in [6, 6.07) is 7.60. The molecule has 1 aromatic rings. The van der Waals surface area contributed by atoms with E-state index in [0.717, 1.165) is 10.0 Å². The van der Waals surface area contributed by atoms with Crippen LogP contribution in [0.1, 0.15) is 25.0 Å². The van der Waals surface area contributed by atoms with Crippen molar-refractivity contribution in [2.24, 2.45) is 0 Å². The molecule has 0 fully saturated rings. The second kappa shape index (κ2) is 5.79. The van der Waals surface area contributed by atoms with Gasteiger partial charge in [0.2, 0.25) is 0 Å². The summed E-state index contributed by atoms with van der Waals surface area (Å²) < 4.78 is 1.05. The number of benzene rings is 1. The summed E-state index contributed by atoms with van der Waals surface area (Å²) in [5, 5.41) is 8.49. The maximum Gasteiger partial charge on any atom is 0.0991 e. The van der Waals surface area contributed by atoms with Crippen LogP contribution in [-0.2, 0) is 0 Å². The minimum absolute atomic E-state index is 0.709. The van der Waals surface area contributed by atoms with Gasteiger partial charge in [0.05, 0.1) is 11.6 Å². The van der Waals surface area contributed by atoms with Crippen LogP contribution in [0.3, 0.4) is 0 Å². The molecular weight excluding hydrogens is 214 g/mol. The zero-order valence-corrected chi connectivity index (χ0v) is 9.14. The minimum Gasteiger partial charge on any atom is -0.192 e. The van der Waals surface area contributed by atoms with E-state index in [-0.39, 0.29) is 0 Å². The normalized spacial score (nSPS) is 7.92. The lowest BCUT2D eigenvalue weighted by molar-refractivity contribution is 1.39. The number of nitrogens with zero attached hydrogens (tertiary/aromatic N) is 1. The fourth-order valence-electron chi connectivity index (χ4n) is 0.714. The third-order valence-electron chi connectivity index (χ3n) is 1.29. The Morgan fingerprint density at radius 3 is 2.33 bits per heavy atom. The Morgan fingerprint density at radius 1 is 1.33 bits per heavy atom. The van der Waals surface area contributed by atoms with Crippen LogP contribution in [-0.4, -0.2) is 0 Å². The minimum atomic E-state index is 0.709. The Bertz CT molecular complexity index is 286. The predicted molar refractivity (Wildman–Crippen MR) is 54.9 cm³/mol. The standard InChI is InChI=1S/C8H6BrN.C2H6/c1-6-4-7(5-10)2-3-8(6)9;1-2/h2-4H,1H3;1-2H3. The number of nitriles is 1. The smallest absolute Gasteiger partial charge is 0.0991 e. The molecule has 12 heavy (non-hydrogen) atoms. The molecule has 1 rings (SSSR count). The summed E-state index contributed by atoms with van der Waals surface area (Å²) in [6.07, 6.45) is 0. The van der Waals surface area contributed by atoms with E-state index in [1.165, 1.54) is 0 Å². The lowest BCUT2D eigenvalue weighted by Gasteiger charge is -1.95. The number of halogens is 1. The fourth-order valence-corrected chi connectivity index (χ4v) is 0.961. The Balaban J connectivity index is 0.000000561. The summed E-state index contributed by atoms with van der Waals surface area (Å²) in [7, 11) is 0. The zero-order chi connectivity index (χ0) is 9.56. The average molecular weight is 226 g/mol. The Morgan fingerprint density at radius 2 is 1.92 bits per heavy atom. The number of rotatable bonds is 0. The highest BCUT2D eigenvalue weighted by molar-refractivity contribution is 9.10. The van der Waals surface area contributed by atoms with Crippen molar-refractivity contribution >= 4 is 15.9 Å². The lowest BCUT2D eigenvalue weighted by Crippen LogP contribution is -1.77. The van der Waals surface area contributed by atoms with Crippen LogP contribution in [0.15, 0.2) is 22.7 Å². The van der Waals surface area contributed by atoms with Crippen molar-refractivity contribution in [2.45, 2.75) is 20.8 Å². The highest BCUT2D eigenvalue weighted by Gasteiger charge is 1.93. The molecule has 0 unspecified atom stereocenters. The molecule has 0 aliphatic rings. The largest absolute Gasteiger partial charge is 0.192 e. The first-order chi connectivity index (χ1) is 5.74. The van der Waals surface area contributed by atoms with Gasteiger partial charge in [0.15, 0.2) is 0 Å². The molecule has 0 radical (unpaired) electrons. The van der Waals surface area contributed by atoms with Gasteiger partial charge in [-0.05, 0) is 30.7 Å². The summed E-state index contributed by atoms with van der Waals surface area (Å²) >= 11 is 3.35. The predicted octanol–water partition coefficient (Wildman–Crippen LogP) is 3.66. The lowest BCUT2D eigenvalue weighted by atomic mass is 10.2. The number of aryl methyl sites for hydroxylation is 1. The van der Waals surface area contributed by atoms with E-state index in [9.17, 15) is 0 Å². The van der Waals surface area contributed by atoms with Crippen molar-refractivity contribution in [3.63, 3.8) is 0 Å². The van der Waals surface area contributed by atoms with Crippen LogP contribution in [0.4, 0.5) is 0 Å². The molecule has 0 aromatic heterocycles. The third kappa shape index (κ3) is 3.06. The first-order valence-corrected chi connectivity index (χ1v) is 4.69. The molecule has 0 atom stereocenters. The zero-order valence-electron chi connectivity index (χ0n) is 7.56. The van der Waals surface area contributed by atoms with Crippen molar-refractivity contribution in [3.8, 4) is 6.07 Å². The van der Waals surface area contributed by atoms with E-state index < -0.39 is 0 Å². The maximum absolute atomic E-state index is 8.49. The van der Waals surface area contributed by atoms with Crippen molar-refractivity contribution in [1.29, 1.82) is 5.26 Å². The Kier molecular flexibility index (Phi) is 5.40. The van der Waals surface area contributed by atoms with Crippen molar-refractivity contribution in [1.82, 2.24) is 0 Å². The van der Waals surface area contributed by atoms with Crippen LogP contribution >= 0.6 is 15.9 Å². The van der Waals surface area contributed by atoms with Crippen molar-refractivity contribution < 1.29 is 0 Å². The summed E-state index contributed by atoms with van der Waals surface area (Å²) in [6.45, 7) is 5.96. The van der Waals surface area contributed by atoms with Crippen LogP contribution in [0, 0.1) is 18.3 Å². The van der Waals surface area contributed by atoms with Gasteiger partial charge < -0.3 is 0 Å². The summed E-state index contributed by atoms with van der Waals surface area (Å²) in [5.41, 5.74) is 1.81. The monoisotopic (exact) mass is 225 g/mol. The van der Waals surface area contributed by atoms with E-state index in [1.54, 1.807) is 6.07 Å². The molecular formula is C10H12BrN. The molecule has 1 nitrogen and oxygen atoms in total. The first kappa shape index (κ1) is 11.2. The van der Waals surface area contributed by atoms with Crippen molar-refractivity contribution in [2.75, 3.05) is 0 Å². The topological polar surface area (TPSA) is 23.8 Å².